The predicted octanol–water partition coefficient (Wildman–Crippen LogP) is 1.66. The SMILES string of the molecule is C=N.Oc1ccccc1. The highest BCUT2D eigenvalue weighted by atomic mass is 16.3. The van der Waals surface area contributed by atoms with Gasteiger partial charge in [0.25, 0.3) is 0 Å². The van der Waals surface area contributed by atoms with Gasteiger partial charge in [-0.1, -0.05) is 18.2 Å². The van der Waals surface area contributed by atoms with Gasteiger partial charge in [0.1, 0.15) is 5.75 Å². The Morgan fingerprint density at radius 2 is 1.56 bits per heavy atom. The summed E-state index contributed by atoms with van der Waals surface area (Å²) in [6.45, 7) is 2.50. The minimum Gasteiger partial charge on any atom is -0.508 e. The van der Waals surface area contributed by atoms with E-state index < -0.39 is 0 Å². The minimum absolute atomic E-state index is 0.322. The summed E-state index contributed by atoms with van der Waals surface area (Å²) < 4.78 is 0. The largest absolute Gasteiger partial charge is 0.508 e. The molecule has 1 aromatic carbocycles. The maximum absolute atomic E-state index is 8.63. The van der Waals surface area contributed by atoms with Crippen molar-refractivity contribution >= 4 is 6.72 Å². The van der Waals surface area contributed by atoms with E-state index in [9.17, 15) is 0 Å². The molecular formula is C7H9NO. The Morgan fingerprint density at radius 1 is 1.11 bits per heavy atom. The maximum atomic E-state index is 8.63. The molecule has 2 N–H and O–H groups in total. The Kier molecular flexibility index (Phi) is 4.14. The number of aromatic hydroxyl groups is 1. The first-order valence-electron chi connectivity index (χ1n) is 2.49. The number of para-hydroxylation sites is 1. The molecule has 0 saturated carbocycles. The molecule has 0 saturated heterocycles. The lowest BCUT2D eigenvalue weighted by atomic mass is 10.3. The molecule has 0 atom stereocenters. The first-order valence-corrected chi connectivity index (χ1v) is 2.49. The summed E-state index contributed by atoms with van der Waals surface area (Å²) in [5.41, 5.74) is 0. The third kappa shape index (κ3) is 3.29. The first-order chi connectivity index (χ1) is 4.39. The fourth-order valence-electron chi connectivity index (χ4n) is 0.428. The molecule has 0 aliphatic rings. The van der Waals surface area contributed by atoms with Gasteiger partial charge in [-0.2, -0.15) is 0 Å². The zero-order valence-corrected chi connectivity index (χ0v) is 5.04. The molecule has 2 heteroatoms. The molecule has 0 aliphatic carbocycles. The summed E-state index contributed by atoms with van der Waals surface area (Å²) in [5, 5.41) is 14.1. The second kappa shape index (κ2) is 4.84. The van der Waals surface area contributed by atoms with E-state index in [0.29, 0.717) is 5.75 Å². The number of phenols is 1. The van der Waals surface area contributed by atoms with Gasteiger partial charge < -0.3 is 10.5 Å². The first kappa shape index (κ1) is 7.69. The van der Waals surface area contributed by atoms with Crippen LogP contribution >= 0.6 is 0 Å². The average molecular weight is 123 g/mol. The number of benzene rings is 1. The number of hydrogen-bond donors (Lipinski definition) is 2. The fourth-order valence-corrected chi connectivity index (χ4v) is 0.428. The molecule has 0 unspecified atom stereocenters. The van der Waals surface area contributed by atoms with Gasteiger partial charge in [0.2, 0.25) is 0 Å². The van der Waals surface area contributed by atoms with Gasteiger partial charge in [-0.15, -0.1) is 0 Å². The second-order valence-corrected chi connectivity index (χ2v) is 1.34. The highest BCUT2D eigenvalue weighted by Gasteiger charge is 1.74. The van der Waals surface area contributed by atoms with Crippen LogP contribution in [-0.4, -0.2) is 11.8 Å². The van der Waals surface area contributed by atoms with Crippen molar-refractivity contribution < 1.29 is 5.11 Å². The summed E-state index contributed by atoms with van der Waals surface area (Å²) in [6.07, 6.45) is 0. The van der Waals surface area contributed by atoms with Crippen molar-refractivity contribution in [2.45, 2.75) is 0 Å². The Balaban J connectivity index is 0.000000291. The zero-order valence-electron chi connectivity index (χ0n) is 5.04. The number of rotatable bonds is 0. The molecule has 0 aliphatic heterocycles. The van der Waals surface area contributed by atoms with Crippen LogP contribution in [0.3, 0.4) is 0 Å². The quantitative estimate of drug-likeness (QED) is 0.506. The van der Waals surface area contributed by atoms with Crippen LogP contribution in [-0.2, 0) is 0 Å². The Hall–Kier alpha value is -1.31. The van der Waals surface area contributed by atoms with Gasteiger partial charge >= 0.3 is 0 Å². The third-order valence-electron chi connectivity index (χ3n) is 0.756. The Labute approximate surface area is 54.3 Å². The maximum Gasteiger partial charge on any atom is 0.115 e. The van der Waals surface area contributed by atoms with E-state index in [1.807, 2.05) is 6.07 Å². The highest BCUT2D eigenvalue weighted by Crippen LogP contribution is 2.02. The molecule has 0 amide bonds. The standard InChI is InChI=1S/C6H6O.CH3N/c7-6-4-2-1-3-5-6;1-2/h1-5,7H;2H,1H2. The van der Waals surface area contributed by atoms with Crippen molar-refractivity contribution in [3.05, 3.63) is 30.3 Å². The van der Waals surface area contributed by atoms with E-state index in [-0.39, 0.29) is 0 Å². The molecule has 0 heterocycles. The van der Waals surface area contributed by atoms with Gasteiger partial charge in [-0.25, -0.2) is 0 Å². The zero-order chi connectivity index (χ0) is 7.11. The molecule has 48 valence electrons. The van der Waals surface area contributed by atoms with Gasteiger partial charge in [0.15, 0.2) is 0 Å². The normalized spacial score (nSPS) is 7.11. The summed E-state index contributed by atoms with van der Waals surface area (Å²) in [7, 11) is 0. The molecule has 0 fully saturated rings. The summed E-state index contributed by atoms with van der Waals surface area (Å²) in [5.74, 6) is 0.322. The summed E-state index contributed by atoms with van der Waals surface area (Å²) in [6, 6.07) is 8.71. The van der Waals surface area contributed by atoms with Gasteiger partial charge in [0, 0.05) is 0 Å². The second-order valence-electron chi connectivity index (χ2n) is 1.34. The summed E-state index contributed by atoms with van der Waals surface area (Å²) >= 11 is 0. The van der Waals surface area contributed by atoms with E-state index in [4.69, 9.17) is 10.5 Å². The number of phenolic OH excluding ortho intramolecular Hbond substituents is 1. The third-order valence-corrected chi connectivity index (χ3v) is 0.756. The molecule has 0 bridgehead atoms. The van der Waals surface area contributed by atoms with Crippen LogP contribution in [0, 0.1) is 5.41 Å². The smallest absolute Gasteiger partial charge is 0.115 e. The van der Waals surface area contributed by atoms with Crippen molar-refractivity contribution in [1.29, 1.82) is 5.41 Å². The molecule has 0 aromatic heterocycles. The lowest BCUT2D eigenvalue weighted by Crippen LogP contribution is -1.56. The summed E-state index contributed by atoms with van der Waals surface area (Å²) in [4.78, 5) is 0. The highest BCUT2D eigenvalue weighted by molar-refractivity contribution is 5.18. The number of hydrogen-bond acceptors (Lipinski definition) is 2. The van der Waals surface area contributed by atoms with Crippen LogP contribution in [0.5, 0.6) is 5.75 Å². The van der Waals surface area contributed by atoms with Crippen LogP contribution in [0.15, 0.2) is 30.3 Å². The molecule has 9 heavy (non-hydrogen) atoms. The fraction of sp³-hybridized carbons (Fsp3) is 0. The molecule has 0 spiro atoms. The van der Waals surface area contributed by atoms with E-state index in [1.54, 1.807) is 24.3 Å². The van der Waals surface area contributed by atoms with Crippen molar-refractivity contribution in [1.82, 2.24) is 0 Å². The van der Waals surface area contributed by atoms with Crippen LogP contribution < -0.4 is 0 Å². The van der Waals surface area contributed by atoms with Gasteiger partial charge in [-0.3, -0.25) is 0 Å². The van der Waals surface area contributed by atoms with Crippen LogP contribution in [0.4, 0.5) is 0 Å². The molecule has 0 radical (unpaired) electrons. The molecule has 1 rings (SSSR count). The van der Waals surface area contributed by atoms with Gasteiger partial charge in [0.05, 0.1) is 0 Å². The van der Waals surface area contributed by atoms with Crippen molar-refractivity contribution in [2.24, 2.45) is 0 Å². The lowest BCUT2D eigenvalue weighted by molar-refractivity contribution is 0.475. The van der Waals surface area contributed by atoms with Crippen LogP contribution in [0.1, 0.15) is 0 Å². The average Bonchev–Trinajstić information content (AvgIpc) is 1.94. The Bertz CT molecular complexity index is 150. The molecule has 2 nitrogen and oxygen atoms in total. The van der Waals surface area contributed by atoms with Gasteiger partial charge in [-0.05, 0) is 18.9 Å². The van der Waals surface area contributed by atoms with Crippen LogP contribution in [0.2, 0.25) is 0 Å². The van der Waals surface area contributed by atoms with Crippen LogP contribution in [0.25, 0.3) is 0 Å². The van der Waals surface area contributed by atoms with Crippen molar-refractivity contribution in [2.75, 3.05) is 0 Å². The number of nitrogens with one attached hydrogen (secondary N) is 1. The van der Waals surface area contributed by atoms with E-state index in [2.05, 4.69) is 6.72 Å². The van der Waals surface area contributed by atoms with E-state index >= 15 is 0 Å². The monoisotopic (exact) mass is 123 g/mol. The van der Waals surface area contributed by atoms with E-state index in [0.717, 1.165) is 0 Å². The minimum atomic E-state index is 0.322. The molecular weight excluding hydrogens is 114 g/mol. The Morgan fingerprint density at radius 3 is 1.78 bits per heavy atom. The van der Waals surface area contributed by atoms with E-state index in [1.165, 1.54) is 0 Å². The van der Waals surface area contributed by atoms with Crippen molar-refractivity contribution in [3.8, 4) is 5.75 Å². The van der Waals surface area contributed by atoms with Crippen molar-refractivity contribution in [3.63, 3.8) is 0 Å². The lowest BCUT2D eigenvalue weighted by Gasteiger charge is -1.82. The molecule has 1 aromatic rings. The predicted molar refractivity (Wildman–Crippen MR) is 37.9 cm³/mol. The topological polar surface area (TPSA) is 44.1 Å².